The minimum Gasteiger partial charge on any atom is -0.381 e. The fourth-order valence-electron chi connectivity index (χ4n) is 0.793. The molecule has 0 saturated carbocycles. The Morgan fingerprint density at radius 1 is 1.38 bits per heavy atom. The summed E-state index contributed by atoms with van der Waals surface area (Å²) in [6, 6.07) is 0. The highest BCUT2D eigenvalue weighted by Gasteiger charge is 2.22. The van der Waals surface area contributed by atoms with Crippen molar-refractivity contribution in [1.82, 2.24) is 5.32 Å². The van der Waals surface area contributed by atoms with E-state index in [9.17, 15) is 9.90 Å². The number of rotatable bonds is 5. The first-order valence-corrected chi connectivity index (χ1v) is 4.49. The van der Waals surface area contributed by atoms with Gasteiger partial charge in [-0.15, -0.1) is 0 Å². The third-order valence-corrected chi connectivity index (χ3v) is 1.62. The third kappa shape index (κ3) is 7.78. The Morgan fingerprint density at radius 2 is 1.92 bits per heavy atom. The van der Waals surface area contributed by atoms with Crippen molar-refractivity contribution in [3.8, 4) is 0 Å². The van der Waals surface area contributed by atoms with Crippen molar-refractivity contribution in [3.63, 3.8) is 0 Å². The van der Waals surface area contributed by atoms with E-state index in [-0.39, 0.29) is 13.3 Å². The van der Waals surface area contributed by atoms with Crippen LogP contribution in [-0.4, -0.2) is 23.2 Å². The smallest absolute Gasteiger partial charge is 0.251 e. The highest BCUT2D eigenvalue weighted by atomic mass is 16.3. The molecule has 2 N–H and O–H groups in total. The van der Waals surface area contributed by atoms with Crippen LogP contribution in [0.15, 0.2) is 0 Å². The lowest BCUT2D eigenvalue weighted by atomic mass is 10.1. The number of hydrogen-bond acceptors (Lipinski definition) is 2. The van der Waals surface area contributed by atoms with Gasteiger partial charge in [-0.05, 0) is 20.3 Å². The highest BCUT2D eigenvalue weighted by Crippen LogP contribution is 2.00. The Bertz CT molecular complexity index is 138. The molecule has 0 aromatic carbocycles. The molecular weight excluding hydrogens is 166 g/mol. The van der Waals surface area contributed by atoms with Gasteiger partial charge in [-0.2, -0.15) is 0 Å². The van der Waals surface area contributed by atoms with Gasteiger partial charge in [0.2, 0.25) is 0 Å². The summed E-state index contributed by atoms with van der Waals surface area (Å²) in [5, 5.41) is 11.9. The van der Waals surface area contributed by atoms with Crippen LogP contribution < -0.4 is 5.32 Å². The molecule has 0 aromatic rings. The van der Waals surface area contributed by atoms with E-state index < -0.39 is 5.60 Å². The maximum Gasteiger partial charge on any atom is 0.251 e. The Balaban J connectivity index is 0. The van der Waals surface area contributed by atoms with Crippen molar-refractivity contribution >= 4 is 5.91 Å². The molecule has 0 aromatic heterocycles. The predicted octanol–water partition coefficient (Wildman–Crippen LogP) is 1.70. The maximum absolute atomic E-state index is 11.1. The average molecular weight is 189 g/mol. The van der Waals surface area contributed by atoms with Gasteiger partial charge < -0.3 is 10.4 Å². The quantitative estimate of drug-likeness (QED) is 0.647. The number of hydrogen-bond donors (Lipinski definition) is 2. The summed E-state index contributed by atoms with van der Waals surface area (Å²) < 4.78 is 0. The third-order valence-electron chi connectivity index (χ3n) is 1.62. The topological polar surface area (TPSA) is 49.3 Å². The summed E-state index contributed by atoms with van der Waals surface area (Å²) in [4.78, 5) is 11.1. The Labute approximate surface area is 81.5 Å². The maximum atomic E-state index is 11.1. The summed E-state index contributed by atoms with van der Waals surface area (Å²) in [6.45, 7) is 5.75. The molecule has 0 aliphatic heterocycles. The standard InChI is InChI=1S/C9H19NO2.CH4/c1-4-5-6-7-10-8(11)9(2,3)12;/h12H,4-7H2,1-3H3,(H,10,11);1H4. The van der Waals surface area contributed by atoms with E-state index in [1.54, 1.807) is 0 Å². The lowest BCUT2D eigenvalue weighted by Gasteiger charge is -2.16. The minimum atomic E-state index is -1.24. The van der Waals surface area contributed by atoms with E-state index in [0.29, 0.717) is 6.54 Å². The predicted molar refractivity (Wildman–Crippen MR) is 55.6 cm³/mol. The molecule has 0 heterocycles. The van der Waals surface area contributed by atoms with Crippen LogP contribution in [0.3, 0.4) is 0 Å². The average Bonchev–Trinajstić information content (AvgIpc) is 1.96. The van der Waals surface area contributed by atoms with E-state index in [0.717, 1.165) is 19.3 Å². The van der Waals surface area contributed by atoms with Crippen molar-refractivity contribution in [2.75, 3.05) is 6.54 Å². The molecular formula is C10H23NO2. The van der Waals surface area contributed by atoms with Gasteiger partial charge in [0.1, 0.15) is 5.60 Å². The second kappa shape index (κ2) is 6.89. The molecule has 80 valence electrons. The van der Waals surface area contributed by atoms with Gasteiger partial charge in [0, 0.05) is 6.54 Å². The first kappa shape index (κ1) is 14.9. The zero-order valence-corrected chi connectivity index (χ0v) is 8.18. The summed E-state index contributed by atoms with van der Waals surface area (Å²) in [7, 11) is 0. The van der Waals surface area contributed by atoms with Crippen LogP contribution in [0.4, 0.5) is 0 Å². The van der Waals surface area contributed by atoms with Crippen LogP contribution in [0.2, 0.25) is 0 Å². The molecule has 0 radical (unpaired) electrons. The Morgan fingerprint density at radius 3 is 2.31 bits per heavy atom. The van der Waals surface area contributed by atoms with Gasteiger partial charge in [0.15, 0.2) is 0 Å². The molecule has 13 heavy (non-hydrogen) atoms. The lowest BCUT2D eigenvalue weighted by molar-refractivity contribution is -0.136. The van der Waals surface area contributed by atoms with Gasteiger partial charge in [0.05, 0.1) is 0 Å². The van der Waals surface area contributed by atoms with Crippen LogP contribution in [0.25, 0.3) is 0 Å². The molecule has 0 fully saturated rings. The molecule has 3 heteroatoms. The number of carbonyl (C=O) groups excluding carboxylic acids is 1. The summed E-state index contributed by atoms with van der Waals surface area (Å²) in [5.74, 6) is -0.293. The molecule has 0 spiro atoms. The fourth-order valence-corrected chi connectivity index (χ4v) is 0.793. The summed E-state index contributed by atoms with van der Waals surface area (Å²) in [5.41, 5.74) is -1.24. The van der Waals surface area contributed by atoms with Crippen molar-refractivity contribution in [2.24, 2.45) is 0 Å². The van der Waals surface area contributed by atoms with Crippen molar-refractivity contribution in [2.45, 2.75) is 53.1 Å². The van der Waals surface area contributed by atoms with Gasteiger partial charge in [-0.25, -0.2) is 0 Å². The lowest BCUT2D eigenvalue weighted by Crippen LogP contribution is -2.42. The first-order chi connectivity index (χ1) is 5.48. The zero-order chi connectivity index (χ0) is 9.61. The van der Waals surface area contributed by atoms with Crippen LogP contribution in [0, 0.1) is 0 Å². The normalized spacial score (nSPS) is 10.5. The van der Waals surface area contributed by atoms with E-state index in [1.165, 1.54) is 13.8 Å². The van der Waals surface area contributed by atoms with Crippen LogP contribution in [0.1, 0.15) is 47.5 Å². The Kier molecular flexibility index (Phi) is 7.92. The van der Waals surface area contributed by atoms with E-state index in [4.69, 9.17) is 0 Å². The fraction of sp³-hybridized carbons (Fsp3) is 0.900. The molecule has 0 atom stereocenters. The molecule has 0 aliphatic carbocycles. The molecule has 0 rings (SSSR count). The van der Waals surface area contributed by atoms with Crippen molar-refractivity contribution in [3.05, 3.63) is 0 Å². The molecule has 0 unspecified atom stereocenters. The minimum absolute atomic E-state index is 0. The van der Waals surface area contributed by atoms with Crippen LogP contribution in [0.5, 0.6) is 0 Å². The highest BCUT2D eigenvalue weighted by molar-refractivity contribution is 5.83. The number of nitrogens with one attached hydrogen (secondary N) is 1. The van der Waals surface area contributed by atoms with E-state index >= 15 is 0 Å². The largest absolute Gasteiger partial charge is 0.381 e. The van der Waals surface area contributed by atoms with Gasteiger partial charge in [-0.1, -0.05) is 27.2 Å². The first-order valence-electron chi connectivity index (χ1n) is 4.49. The molecule has 0 saturated heterocycles. The SMILES string of the molecule is C.CCCCCNC(=O)C(C)(C)O. The number of unbranched alkanes of at least 4 members (excludes halogenated alkanes) is 2. The van der Waals surface area contributed by atoms with Crippen LogP contribution >= 0.6 is 0 Å². The second-order valence-corrected chi connectivity index (χ2v) is 3.52. The van der Waals surface area contributed by atoms with E-state index in [1.807, 2.05) is 0 Å². The summed E-state index contributed by atoms with van der Waals surface area (Å²) >= 11 is 0. The monoisotopic (exact) mass is 189 g/mol. The Hall–Kier alpha value is -0.570. The number of amides is 1. The van der Waals surface area contributed by atoms with E-state index in [2.05, 4.69) is 12.2 Å². The van der Waals surface area contributed by atoms with Crippen LogP contribution in [-0.2, 0) is 4.79 Å². The van der Waals surface area contributed by atoms with Gasteiger partial charge >= 0.3 is 0 Å². The van der Waals surface area contributed by atoms with Crippen molar-refractivity contribution < 1.29 is 9.90 Å². The van der Waals surface area contributed by atoms with Gasteiger partial charge in [-0.3, -0.25) is 4.79 Å². The molecule has 1 amide bonds. The molecule has 3 nitrogen and oxygen atoms in total. The number of carbonyl (C=O) groups is 1. The van der Waals surface area contributed by atoms with Gasteiger partial charge in [0.25, 0.3) is 5.91 Å². The zero-order valence-electron chi connectivity index (χ0n) is 8.18. The second-order valence-electron chi connectivity index (χ2n) is 3.52. The molecule has 0 aliphatic rings. The summed E-state index contributed by atoms with van der Waals surface area (Å²) in [6.07, 6.45) is 3.24. The number of aliphatic hydroxyl groups is 1. The molecule has 0 bridgehead atoms. The van der Waals surface area contributed by atoms with Crippen molar-refractivity contribution in [1.29, 1.82) is 0 Å².